The third-order valence-electron chi connectivity index (χ3n) is 7.93. The van der Waals surface area contributed by atoms with E-state index in [1.165, 1.54) is 0 Å². The van der Waals surface area contributed by atoms with Crippen LogP contribution in [0.15, 0.2) is 72.8 Å². The first-order valence-electron chi connectivity index (χ1n) is 14.3. The van der Waals surface area contributed by atoms with Crippen molar-refractivity contribution in [2.75, 3.05) is 25.3 Å². The molecular formula is C34H35Cl3N4O4. The maximum Gasteiger partial charge on any atom is 0.236 e. The second-order valence-corrected chi connectivity index (χ2v) is 12.1. The Labute approximate surface area is 278 Å². The van der Waals surface area contributed by atoms with Crippen LogP contribution < -0.4 is 20.5 Å². The molecule has 6 rings (SSSR count). The zero-order valence-electron chi connectivity index (χ0n) is 25.5. The molecule has 0 unspecified atom stereocenters. The van der Waals surface area contributed by atoms with Gasteiger partial charge in [-0.25, -0.2) is 9.97 Å². The van der Waals surface area contributed by atoms with Gasteiger partial charge in [0, 0.05) is 0 Å². The van der Waals surface area contributed by atoms with Crippen LogP contribution in [0.3, 0.4) is 0 Å². The summed E-state index contributed by atoms with van der Waals surface area (Å²) >= 11 is 17.2. The predicted octanol–water partition coefficient (Wildman–Crippen LogP) is 7.84. The van der Waals surface area contributed by atoms with Crippen LogP contribution in [0.25, 0.3) is 0 Å². The highest BCUT2D eigenvalue weighted by atomic mass is 35.5. The van der Waals surface area contributed by atoms with Crippen LogP contribution in [-0.2, 0) is 20.4 Å². The Bertz CT molecular complexity index is 1660. The minimum Gasteiger partial charge on any atom is -0.497 e. The molecule has 11 heteroatoms. The molecule has 236 valence electrons. The number of pyridine rings is 2. The molecule has 2 aliphatic rings. The standard InChI is InChI=1S/C17H17ClN2O2.C11H11ClO2.C6H7ClN2/c1-11-3-8-14(19-15(11)18)20-16(21)17(9-10-17)12-4-6-13(22-2)7-5-12;1-14-9-4-2-8(3-5-9)11(6-7-11)10(12)13;1-4-2-3-5(8)9-6(4)7/h3-8H,9-10H2,1-2H3,(H,19,20,21);2-5H,6-7H2,1H3;2-3H,1H3,(H2,8,9). The summed E-state index contributed by atoms with van der Waals surface area (Å²) in [5.74, 6) is 2.49. The molecule has 0 aliphatic heterocycles. The van der Waals surface area contributed by atoms with E-state index in [0.29, 0.717) is 21.9 Å². The van der Waals surface area contributed by atoms with E-state index in [-0.39, 0.29) is 11.1 Å². The molecule has 45 heavy (non-hydrogen) atoms. The first kappa shape index (κ1) is 34.0. The lowest BCUT2D eigenvalue weighted by atomic mass is 9.95. The summed E-state index contributed by atoms with van der Waals surface area (Å²) in [7, 11) is 3.25. The topological polar surface area (TPSA) is 116 Å². The number of anilines is 2. The van der Waals surface area contributed by atoms with E-state index in [4.69, 9.17) is 50.0 Å². The maximum atomic E-state index is 12.6. The van der Waals surface area contributed by atoms with Gasteiger partial charge in [-0.1, -0.05) is 59.6 Å². The first-order valence-corrected chi connectivity index (χ1v) is 15.4. The van der Waals surface area contributed by atoms with E-state index in [2.05, 4.69) is 15.3 Å². The number of methoxy groups -OCH3 is 2. The van der Waals surface area contributed by atoms with Gasteiger partial charge in [-0.3, -0.25) is 9.59 Å². The van der Waals surface area contributed by atoms with E-state index in [1.807, 2.05) is 74.5 Å². The van der Waals surface area contributed by atoms with Crippen LogP contribution in [0.5, 0.6) is 11.5 Å². The molecule has 2 heterocycles. The van der Waals surface area contributed by atoms with Crippen molar-refractivity contribution in [2.45, 2.75) is 50.4 Å². The van der Waals surface area contributed by atoms with Crippen LogP contribution in [0.4, 0.5) is 11.6 Å². The average Bonchev–Trinajstić information content (AvgIpc) is 3.97. The quantitative estimate of drug-likeness (QED) is 0.152. The number of rotatable bonds is 7. The monoisotopic (exact) mass is 668 g/mol. The van der Waals surface area contributed by atoms with Gasteiger partial charge in [-0.2, -0.15) is 0 Å². The molecule has 3 N–H and O–H groups in total. The van der Waals surface area contributed by atoms with Crippen molar-refractivity contribution >= 4 is 57.6 Å². The number of aromatic nitrogens is 2. The fourth-order valence-corrected chi connectivity index (χ4v) is 5.26. The fourth-order valence-electron chi connectivity index (χ4n) is 4.64. The Morgan fingerprint density at radius 1 is 0.711 bits per heavy atom. The summed E-state index contributed by atoms with van der Waals surface area (Å²) in [4.78, 5) is 31.8. The predicted molar refractivity (Wildman–Crippen MR) is 180 cm³/mol. The molecule has 1 amide bonds. The van der Waals surface area contributed by atoms with Crippen LogP contribution >= 0.6 is 34.8 Å². The number of carbonyl (C=O) groups excluding carboxylic acids is 2. The third kappa shape index (κ3) is 8.25. The van der Waals surface area contributed by atoms with Gasteiger partial charge in [-0.15, -0.1) is 0 Å². The molecule has 0 saturated heterocycles. The maximum absolute atomic E-state index is 12.6. The van der Waals surface area contributed by atoms with Gasteiger partial charge in [0.25, 0.3) is 0 Å². The number of amides is 1. The van der Waals surface area contributed by atoms with E-state index in [0.717, 1.165) is 59.4 Å². The number of halogens is 3. The van der Waals surface area contributed by atoms with Crippen molar-refractivity contribution < 1.29 is 19.1 Å². The molecule has 2 fully saturated rings. The highest BCUT2D eigenvalue weighted by molar-refractivity contribution is 6.66. The van der Waals surface area contributed by atoms with Gasteiger partial charge in [0.05, 0.1) is 25.0 Å². The van der Waals surface area contributed by atoms with Gasteiger partial charge >= 0.3 is 0 Å². The molecule has 8 nitrogen and oxygen atoms in total. The van der Waals surface area contributed by atoms with E-state index in [9.17, 15) is 9.59 Å². The second-order valence-electron chi connectivity index (χ2n) is 11.0. The van der Waals surface area contributed by atoms with Crippen molar-refractivity contribution in [1.82, 2.24) is 9.97 Å². The fraction of sp³-hybridized carbons (Fsp3) is 0.294. The number of benzene rings is 2. The van der Waals surface area contributed by atoms with E-state index in [1.54, 1.807) is 26.4 Å². The number of nitrogens with zero attached hydrogens (tertiary/aromatic N) is 2. The molecule has 2 aromatic carbocycles. The number of nitrogen functional groups attached to an aromatic ring is 1. The van der Waals surface area contributed by atoms with Crippen LogP contribution in [0, 0.1) is 13.8 Å². The SMILES string of the molecule is COc1ccc(C2(C(=O)Cl)CC2)cc1.COc1ccc(C2(C(=O)Nc3ccc(C)c(Cl)n3)CC2)cc1.Cc1ccc(N)nc1Cl. The Kier molecular flexibility index (Phi) is 11.0. The number of nitrogens with one attached hydrogen (secondary N) is 1. The molecule has 2 saturated carbocycles. The average molecular weight is 670 g/mol. The minimum absolute atomic E-state index is 0.0370. The molecule has 2 aliphatic carbocycles. The Hall–Kier alpha value is -3.85. The van der Waals surface area contributed by atoms with Gasteiger partial charge in [0.15, 0.2) is 0 Å². The summed E-state index contributed by atoms with van der Waals surface area (Å²) in [6.45, 7) is 3.76. The molecule has 4 aromatic rings. The van der Waals surface area contributed by atoms with Crippen LogP contribution in [0.1, 0.15) is 47.9 Å². The molecular weight excluding hydrogens is 635 g/mol. The zero-order chi connectivity index (χ0) is 32.8. The zero-order valence-corrected chi connectivity index (χ0v) is 27.8. The lowest BCUT2D eigenvalue weighted by Crippen LogP contribution is -2.28. The second kappa shape index (κ2) is 14.5. The summed E-state index contributed by atoms with van der Waals surface area (Å²) in [5, 5.41) is 3.52. The summed E-state index contributed by atoms with van der Waals surface area (Å²) in [5.41, 5.74) is 8.32. The Balaban J connectivity index is 0.000000171. The van der Waals surface area contributed by atoms with Gasteiger partial charge in [0.1, 0.15) is 33.4 Å². The lowest BCUT2D eigenvalue weighted by Gasteiger charge is -2.16. The lowest BCUT2D eigenvalue weighted by molar-refractivity contribution is -0.118. The normalized spacial score (nSPS) is 14.8. The summed E-state index contributed by atoms with van der Waals surface area (Å²) in [6, 6.07) is 22.4. The summed E-state index contributed by atoms with van der Waals surface area (Å²) < 4.78 is 10.2. The van der Waals surface area contributed by atoms with Crippen LogP contribution in [0.2, 0.25) is 10.3 Å². The van der Waals surface area contributed by atoms with Crippen molar-refractivity contribution in [3.05, 3.63) is 105 Å². The van der Waals surface area contributed by atoms with Gasteiger partial charge in [-0.05, 0) is 110 Å². The van der Waals surface area contributed by atoms with Crippen molar-refractivity contribution in [3.8, 4) is 11.5 Å². The Morgan fingerprint density at radius 2 is 1.16 bits per heavy atom. The number of aryl methyl sites for hydroxylation is 2. The highest BCUT2D eigenvalue weighted by Crippen LogP contribution is 2.50. The van der Waals surface area contributed by atoms with Crippen molar-refractivity contribution in [1.29, 1.82) is 0 Å². The number of carbonyl (C=O) groups is 2. The minimum atomic E-state index is -0.453. The van der Waals surface area contributed by atoms with Crippen LogP contribution in [-0.4, -0.2) is 35.3 Å². The number of hydrogen-bond donors (Lipinski definition) is 2. The molecule has 0 spiro atoms. The van der Waals surface area contributed by atoms with Crippen molar-refractivity contribution in [2.24, 2.45) is 0 Å². The van der Waals surface area contributed by atoms with E-state index >= 15 is 0 Å². The first-order chi connectivity index (χ1) is 21.4. The van der Waals surface area contributed by atoms with E-state index < -0.39 is 10.8 Å². The molecule has 0 bridgehead atoms. The number of nitrogens with two attached hydrogens (primary N) is 1. The number of ether oxygens (including phenoxy) is 2. The van der Waals surface area contributed by atoms with Gasteiger partial charge < -0.3 is 20.5 Å². The number of hydrogen-bond acceptors (Lipinski definition) is 7. The molecule has 2 aromatic heterocycles. The third-order valence-corrected chi connectivity index (χ3v) is 9.06. The Morgan fingerprint density at radius 3 is 1.53 bits per heavy atom. The molecule has 0 radical (unpaired) electrons. The smallest absolute Gasteiger partial charge is 0.236 e. The molecule has 0 atom stereocenters. The largest absolute Gasteiger partial charge is 0.497 e. The highest BCUT2D eigenvalue weighted by Gasteiger charge is 2.51. The summed E-state index contributed by atoms with van der Waals surface area (Å²) in [6.07, 6.45) is 3.40. The van der Waals surface area contributed by atoms with Gasteiger partial charge in [0.2, 0.25) is 11.1 Å². The van der Waals surface area contributed by atoms with Crippen molar-refractivity contribution in [3.63, 3.8) is 0 Å².